The minimum absolute atomic E-state index is 0.0537. The van der Waals surface area contributed by atoms with Crippen LogP contribution in [0.15, 0.2) is 60.3 Å². The van der Waals surface area contributed by atoms with Crippen LogP contribution in [0.2, 0.25) is 0 Å². The molecule has 9 heteroatoms. The van der Waals surface area contributed by atoms with Crippen LogP contribution in [-0.4, -0.2) is 19.7 Å². The lowest BCUT2D eigenvalue weighted by Gasteiger charge is -2.10. The van der Waals surface area contributed by atoms with Gasteiger partial charge >= 0.3 is 0 Å². The van der Waals surface area contributed by atoms with Gasteiger partial charge < -0.3 is 4.74 Å². The maximum Gasteiger partial charge on any atom is 0.272 e. The minimum atomic E-state index is -0.446. The zero-order valence-electron chi connectivity index (χ0n) is 15.7. The Morgan fingerprint density at radius 3 is 2.79 bits per heavy atom. The highest BCUT2D eigenvalue weighted by Crippen LogP contribution is 2.28. The van der Waals surface area contributed by atoms with Gasteiger partial charge in [-0.1, -0.05) is 42.1 Å². The van der Waals surface area contributed by atoms with Crippen LogP contribution in [-0.2, 0) is 18.9 Å². The fourth-order valence-corrected chi connectivity index (χ4v) is 3.75. The van der Waals surface area contributed by atoms with Gasteiger partial charge in [0.2, 0.25) is 0 Å². The normalized spacial score (nSPS) is 10.7. The molecule has 2 aromatic carbocycles. The number of nitro benzene ring substituents is 1. The molecule has 1 heterocycles. The summed E-state index contributed by atoms with van der Waals surface area (Å²) >= 11 is 1.41. The minimum Gasteiger partial charge on any atom is -0.483 e. The molecule has 7 nitrogen and oxygen atoms in total. The molecule has 0 radical (unpaired) electrons. The van der Waals surface area contributed by atoms with Crippen LogP contribution < -0.4 is 4.74 Å². The molecule has 0 saturated carbocycles. The molecule has 3 aromatic rings. The van der Waals surface area contributed by atoms with Crippen LogP contribution in [0.5, 0.6) is 5.75 Å². The topological polar surface area (TPSA) is 83.1 Å². The lowest BCUT2D eigenvalue weighted by molar-refractivity contribution is -0.385. The first-order chi connectivity index (χ1) is 14.0. The molecular weight excluding hydrogens is 395 g/mol. The molecule has 0 bridgehead atoms. The van der Waals surface area contributed by atoms with E-state index in [1.54, 1.807) is 37.3 Å². The highest BCUT2D eigenvalue weighted by molar-refractivity contribution is 7.98. The third-order valence-electron chi connectivity index (χ3n) is 4.27. The fraction of sp³-hybridized carbons (Fsp3) is 0.200. The van der Waals surface area contributed by atoms with Crippen LogP contribution in [0.3, 0.4) is 0 Å². The van der Waals surface area contributed by atoms with Gasteiger partial charge in [-0.15, -0.1) is 16.8 Å². The molecule has 0 aliphatic carbocycles. The Kier molecular flexibility index (Phi) is 6.61. The van der Waals surface area contributed by atoms with Crippen LogP contribution in [0.4, 0.5) is 10.1 Å². The van der Waals surface area contributed by atoms with Crippen molar-refractivity contribution in [2.45, 2.75) is 31.0 Å². The number of allylic oxidation sites excluding steroid dienone is 1. The molecule has 0 spiro atoms. The van der Waals surface area contributed by atoms with Crippen molar-refractivity contribution in [3.8, 4) is 5.75 Å². The zero-order valence-corrected chi connectivity index (χ0v) is 16.6. The summed E-state index contributed by atoms with van der Waals surface area (Å²) in [5.74, 6) is 0.725. The molecule has 0 amide bonds. The van der Waals surface area contributed by atoms with Crippen molar-refractivity contribution in [1.29, 1.82) is 0 Å². The third-order valence-corrected chi connectivity index (χ3v) is 5.28. The van der Waals surface area contributed by atoms with Crippen molar-refractivity contribution in [3.63, 3.8) is 0 Å². The highest BCUT2D eigenvalue weighted by Gasteiger charge is 2.16. The van der Waals surface area contributed by atoms with E-state index in [2.05, 4.69) is 16.8 Å². The second-order valence-electron chi connectivity index (χ2n) is 6.12. The molecular formula is C20H19FN4O3S. The molecule has 0 unspecified atom stereocenters. The van der Waals surface area contributed by atoms with Crippen LogP contribution in [0.25, 0.3) is 0 Å². The van der Waals surface area contributed by atoms with E-state index in [-0.39, 0.29) is 23.0 Å². The molecule has 0 atom stereocenters. The number of para-hydroxylation sites is 1. The first-order valence-corrected chi connectivity index (χ1v) is 9.75. The van der Waals surface area contributed by atoms with Gasteiger partial charge in [0.05, 0.1) is 4.92 Å². The number of nitrogens with zero attached hydrogens (tertiary/aromatic N) is 4. The Balaban J connectivity index is 1.75. The van der Waals surface area contributed by atoms with Gasteiger partial charge in [0.15, 0.2) is 22.5 Å². The van der Waals surface area contributed by atoms with E-state index in [9.17, 15) is 14.5 Å². The van der Waals surface area contributed by atoms with E-state index in [1.165, 1.54) is 23.9 Å². The van der Waals surface area contributed by atoms with Gasteiger partial charge in [0, 0.05) is 23.9 Å². The van der Waals surface area contributed by atoms with Gasteiger partial charge in [-0.25, -0.2) is 4.39 Å². The lowest BCUT2D eigenvalue weighted by Crippen LogP contribution is -2.08. The summed E-state index contributed by atoms with van der Waals surface area (Å²) in [4.78, 5) is 10.7. The predicted molar refractivity (Wildman–Crippen MR) is 108 cm³/mol. The summed E-state index contributed by atoms with van der Waals surface area (Å²) in [5.41, 5.74) is 1.57. The number of thioether (sulfide) groups is 1. The second-order valence-corrected chi connectivity index (χ2v) is 7.07. The lowest BCUT2D eigenvalue weighted by atomic mass is 10.1. The Bertz CT molecular complexity index is 1040. The standard InChI is InChI=1S/C20H19FN4O3S/c1-3-11-24-19(12-28-18-10-5-4-8-16(18)21)22-23-20(24)29-13-15-7-6-9-17(14(15)2)25(26)27/h3-10H,1,11-13H2,2H3. The average Bonchev–Trinajstić information content (AvgIpc) is 3.08. The molecule has 0 fully saturated rings. The molecule has 0 N–H and O–H groups in total. The number of ether oxygens (including phenoxy) is 1. The molecule has 0 saturated heterocycles. The van der Waals surface area contributed by atoms with Gasteiger partial charge in [-0.3, -0.25) is 14.7 Å². The largest absolute Gasteiger partial charge is 0.483 e. The second kappa shape index (κ2) is 9.33. The predicted octanol–water partition coefficient (Wildman–Crippen LogP) is 4.69. The average molecular weight is 414 g/mol. The van der Waals surface area contributed by atoms with E-state index in [0.29, 0.717) is 28.8 Å². The third kappa shape index (κ3) is 4.80. The van der Waals surface area contributed by atoms with Crippen molar-refractivity contribution in [1.82, 2.24) is 14.8 Å². The van der Waals surface area contributed by atoms with Crippen molar-refractivity contribution in [3.05, 3.63) is 88.0 Å². The van der Waals surface area contributed by atoms with Crippen molar-refractivity contribution in [2.75, 3.05) is 0 Å². The monoisotopic (exact) mass is 414 g/mol. The Hall–Kier alpha value is -3.20. The molecule has 1 aromatic heterocycles. The summed E-state index contributed by atoms with van der Waals surface area (Å²) in [5, 5.41) is 20.1. The maximum atomic E-state index is 13.7. The summed E-state index contributed by atoms with van der Waals surface area (Å²) in [6, 6.07) is 11.2. The number of benzene rings is 2. The summed E-state index contributed by atoms with van der Waals surface area (Å²) in [6.45, 7) is 6.00. The number of halogens is 1. The SMILES string of the molecule is C=CCn1c(COc2ccccc2F)nnc1SCc1cccc([N+](=O)[O-])c1C. The summed E-state index contributed by atoms with van der Waals surface area (Å²) < 4.78 is 21.1. The van der Waals surface area contributed by atoms with Gasteiger partial charge in [0.1, 0.15) is 6.61 Å². The number of aromatic nitrogens is 3. The summed E-state index contributed by atoms with van der Waals surface area (Å²) in [6.07, 6.45) is 1.71. The Morgan fingerprint density at radius 1 is 1.28 bits per heavy atom. The molecule has 0 aliphatic rings. The fourth-order valence-electron chi connectivity index (χ4n) is 2.72. The van der Waals surface area contributed by atoms with Crippen molar-refractivity contribution in [2.24, 2.45) is 0 Å². The van der Waals surface area contributed by atoms with Crippen molar-refractivity contribution < 1.29 is 14.1 Å². The Morgan fingerprint density at radius 2 is 2.07 bits per heavy atom. The van der Waals surface area contributed by atoms with Gasteiger partial charge in [0.25, 0.3) is 5.69 Å². The molecule has 29 heavy (non-hydrogen) atoms. The van der Waals surface area contributed by atoms with E-state index >= 15 is 0 Å². The quantitative estimate of drug-likeness (QED) is 0.219. The van der Waals surface area contributed by atoms with E-state index < -0.39 is 5.82 Å². The smallest absolute Gasteiger partial charge is 0.272 e. The first-order valence-electron chi connectivity index (χ1n) is 8.77. The van der Waals surface area contributed by atoms with Crippen LogP contribution >= 0.6 is 11.8 Å². The number of hydrogen-bond acceptors (Lipinski definition) is 6. The maximum absolute atomic E-state index is 13.7. The number of rotatable bonds is 9. The molecule has 3 rings (SSSR count). The molecule has 0 aliphatic heterocycles. The van der Waals surface area contributed by atoms with E-state index in [4.69, 9.17) is 4.74 Å². The number of nitro groups is 1. The molecule has 150 valence electrons. The van der Waals surface area contributed by atoms with Crippen molar-refractivity contribution >= 4 is 17.4 Å². The zero-order chi connectivity index (χ0) is 20.8. The number of hydrogen-bond donors (Lipinski definition) is 0. The highest BCUT2D eigenvalue weighted by atomic mass is 32.2. The van der Waals surface area contributed by atoms with Crippen LogP contribution in [0.1, 0.15) is 17.0 Å². The van der Waals surface area contributed by atoms with Gasteiger partial charge in [-0.05, 0) is 24.6 Å². The summed E-state index contributed by atoms with van der Waals surface area (Å²) in [7, 11) is 0. The van der Waals surface area contributed by atoms with Crippen LogP contribution in [0, 0.1) is 22.9 Å². The van der Waals surface area contributed by atoms with Gasteiger partial charge in [-0.2, -0.15) is 0 Å². The Labute approximate surface area is 171 Å². The van der Waals surface area contributed by atoms with E-state index in [1.807, 2.05) is 10.6 Å². The van der Waals surface area contributed by atoms with E-state index in [0.717, 1.165) is 5.56 Å². The first kappa shape index (κ1) is 20.5.